The summed E-state index contributed by atoms with van der Waals surface area (Å²) >= 11 is 4.88. The van der Waals surface area contributed by atoms with Crippen molar-refractivity contribution in [2.75, 3.05) is 0 Å². The molecule has 0 spiro atoms. The van der Waals surface area contributed by atoms with Crippen molar-refractivity contribution >= 4 is 16.8 Å². The SMILES string of the molecule is O=C(Cl)c1ccnc(C(F)F)c1C(F)(F)F. The van der Waals surface area contributed by atoms with Crippen molar-refractivity contribution in [3.63, 3.8) is 0 Å². The minimum Gasteiger partial charge on any atom is -0.276 e. The first-order valence-corrected chi connectivity index (χ1v) is 4.17. The van der Waals surface area contributed by atoms with Crippen LogP contribution in [-0.2, 0) is 6.18 Å². The van der Waals surface area contributed by atoms with Crippen molar-refractivity contribution in [2.45, 2.75) is 12.6 Å². The Labute approximate surface area is 91.0 Å². The summed E-state index contributed by atoms with van der Waals surface area (Å²) in [5.41, 5.74) is -4.32. The summed E-state index contributed by atoms with van der Waals surface area (Å²) < 4.78 is 61.9. The lowest BCUT2D eigenvalue weighted by molar-refractivity contribution is -0.140. The Morgan fingerprint density at radius 3 is 2.31 bits per heavy atom. The van der Waals surface area contributed by atoms with E-state index in [1.807, 2.05) is 0 Å². The molecule has 0 aliphatic rings. The van der Waals surface area contributed by atoms with Crippen LogP contribution in [0.1, 0.15) is 28.0 Å². The summed E-state index contributed by atoms with van der Waals surface area (Å²) in [7, 11) is 0. The number of halogens is 6. The zero-order valence-electron chi connectivity index (χ0n) is 7.36. The highest BCUT2D eigenvalue weighted by Crippen LogP contribution is 2.37. The van der Waals surface area contributed by atoms with Crippen molar-refractivity contribution in [1.29, 1.82) is 0 Å². The van der Waals surface area contributed by atoms with E-state index in [1.165, 1.54) is 0 Å². The molecule has 0 saturated carbocycles. The molecule has 1 heterocycles. The molecule has 8 heteroatoms. The fraction of sp³-hybridized carbons (Fsp3) is 0.250. The van der Waals surface area contributed by atoms with Gasteiger partial charge in [0.15, 0.2) is 0 Å². The molecule has 0 aliphatic carbocycles. The van der Waals surface area contributed by atoms with Gasteiger partial charge in [-0.1, -0.05) is 0 Å². The predicted octanol–water partition coefficient (Wildman–Crippen LogP) is 3.42. The van der Waals surface area contributed by atoms with Crippen LogP contribution < -0.4 is 0 Å². The van der Waals surface area contributed by atoms with Crippen LogP contribution in [0.4, 0.5) is 22.0 Å². The van der Waals surface area contributed by atoms with Crippen LogP contribution in [0, 0.1) is 0 Å². The largest absolute Gasteiger partial charge is 0.419 e. The van der Waals surface area contributed by atoms with Crippen molar-refractivity contribution in [3.8, 4) is 0 Å². The zero-order valence-corrected chi connectivity index (χ0v) is 8.11. The van der Waals surface area contributed by atoms with Crippen LogP contribution in [0.25, 0.3) is 0 Å². The number of nitrogens with zero attached hydrogens (tertiary/aromatic N) is 1. The molecule has 0 bridgehead atoms. The van der Waals surface area contributed by atoms with Crippen LogP contribution in [-0.4, -0.2) is 10.2 Å². The molecule has 0 radical (unpaired) electrons. The molecule has 16 heavy (non-hydrogen) atoms. The van der Waals surface area contributed by atoms with E-state index in [0.29, 0.717) is 12.3 Å². The quantitative estimate of drug-likeness (QED) is 0.602. The number of alkyl halides is 5. The van der Waals surface area contributed by atoms with Crippen LogP contribution in [0.3, 0.4) is 0 Å². The van der Waals surface area contributed by atoms with Gasteiger partial charge in [-0.25, -0.2) is 8.78 Å². The van der Waals surface area contributed by atoms with Crippen molar-refractivity contribution < 1.29 is 26.7 Å². The summed E-state index contributed by atoms with van der Waals surface area (Å²) in [6.07, 6.45) is -7.88. The fourth-order valence-electron chi connectivity index (χ4n) is 1.11. The normalized spacial score (nSPS) is 11.9. The highest BCUT2D eigenvalue weighted by atomic mass is 35.5. The first-order chi connectivity index (χ1) is 7.25. The van der Waals surface area contributed by atoms with Crippen molar-refractivity contribution in [1.82, 2.24) is 4.98 Å². The molecule has 1 rings (SSSR count). The van der Waals surface area contributed by atoms with Gasteiger partial charge in [0.05, 0.1) is 5.56 Å². The molecule has 0 aromatic carbocycles. The Bertz CT molecular complexity index is 417. The maximum absolute atomic E-state index is 12.4. The molecule has 2 nitrogen and oxygen atoms in total. The maximum Gasteiger partial charge on any atom is 0.419 e. The minimum absolute atomic E-state index is 0.643. The Morgan fingerprint density at radius 2 is 1.94 bits per heavy atom. The molecule has 0 aliphatic heterocycles. The van der Waals surface area contributed by atoms with E-state index in [-0.39, 0.29) is 0 Å². The predicted molar refractivity (Wildman–Crippen MR) is 44.4 cm³/mol. The van der Waals surface area contributed by atoms with Gasteiger partial charge in [-0.15, -0.1) is 0 Å². The average molecular weight is 260 g/mol. The molecule has 0 N–H and O–H groups in total. The van der Waals surface area contributed by atoms with Gasteiger partial charge in [0.2, 0.25) is 0 Å². The monoisotopic (exact) mass is 259 g/mol. The van der Waals surface area contributed by atoms with E-state index in [9.17, 15) is 26.7 Å². The summed E-state index contributed by atoms with van der Waals surface area (Å²) in [5, 5.41) is -1.46. The molecule has 1 aromatic heterocycles. The van der Waals surface area contributed by atoms with Gasteiger partial charge in [-0.2, -0.15) is 13.2 Å². The van der Waals surface area contributed by atoms with Gasteiger partial charge in [-0.3, -0.25) is 9.78 Å². The van der Waals surface area contributed by atoms with Crippen LogP contribution in [0.2, 0.25) is 0 Å². The van der Waals surface area contributed by atoms with Crippen LogP contribution in [0.15, 0.2) is 12.3 Å². The molecule has 0 unspecified atom stereocenters. The second-order valence-corrected chi connectivity index (χ2v) is 3.03. The second-order valence-electron chi connectivity index (χ2n) is 2.69. The lowest BCUT2D eigenvalue weighted by Gasteiger charge is -2.13. The van der Waals surface area contributed by atoms with Gasteiger partial charge in [0.1, 0.15) is 5.69 Å². The van der Waals surface area contributed by atoms with Gasteiger partial charge in [0, 0.05) is 11.8 Å². The smallest absolute Gasteiger partial charge is 0.276 e. The summed E-state index contributed by atoms with van der Waals surface area (Å²) in [4.78, 5) is 13.6. The molecular weight excluding hydrogens is 257 g/mol. The third kappa shape index (κ3) is 2.46. The van der Waals surface area contributed by atoms with E-state index in [1.54, 1.807) is 0 Å². The lowest BCUT2D eigenvalue weighted by Crippen LogP contribution is -2.16. The highest BCUT2D eigenvalue weighted by molar-refractivity contribution is 6.67. The Balaban J connectivity index is 3.54. The van der Waals surface area contributed by atoms with E-state index in [2.05, 4.69) is 4.98 Å². The van der Waals surface area contributed by atoms with Gasteiger partial charge in [-0.05, 0) is 17.7 Å². The van der Waals surface area contributed by atoms with E-state index < -0.39 is 34.7 Å². The number of hydrogen-bond acceptors (Lipinski definition) is 2. The zero-order chi connectivity index (χ0) is 12.5. The number of pyridine rings is 1. The van der Waals surface area contributed by atoms with Crippen LogP contribution >= 0.6 is 11.6 Å². The topological polar surface area (TPSA) is 30.0 Å². The third-order valence-electron chi connectivity index (χ3n) is 1.68. The number of hydrogen-bond donors (Lipinski definition) is 0. The van der Waals surface area contributed by atoms with Gasteiger partial charge >= 0.3 is 6.18 Å². The van der Waals surface area contributed by atoms with E-state index in [4.69, 9.17) is 11.6 Å². The molecule has 0 amide bonds. The Kier molecular flexibility index (Phi) is 3.47. The number of carbonyl (C=O) groups is 1. The summed E-state index contributed by atoms with van der Waals surface area (Å²) in [6, 6.07) is 0.643. The van der Waals surface area contributed by atoms with Crippen molar-refractivity contribution in [3.05, 3.63) is 29.1 Å². The second kappa shape index (κ2) is 4.32. The van der Waals surface area contributed by atoms with E-state index >= 15 is 0 Å². The Morgan fingerprint density at radius 1 is 1.38 bits per heavy atom. The summed E-state index contributed by atoms with van der Waals surface area (Å²) in [6.45, 7) is 0. The third-order valence-corrected chi connectivity index (χ3v) is 1.89. The number of carbonyl (C=O) groups excluding carboxylic acids is 1. The summed E-state index contributed by atoms with van der Waals surface area (Å²) in [5.74, 6) is 0. The molecule has 0 fully saturated rings. The molecule has 0 atom stereocenters. The highest BCUT2D eigenvalue weighted by Gasteiger charge is 2.40. The number of rotatable bonds is 2. The molecule has 88 valence electrons. The lowest BCUT2D eigenvalue weighted by atomic mass is 10.1. The van der Waals surface area contributed by atoms with Gasteiger partial charge in [0.25, 0.3) is 11.7 Å². The Hall–Kier alpha value is -1.24. The van der Waals surface area contributed by atoms with E-state index in [0.717, 1.165) is 0 Å². The minimum atomic E-state index is -5.11. The standard InChI is InChI=1S/C8H3ClF5NO/c9-6(16)3-1-2-15-5(7(10)11)4(3)8(12,13)14/h1-2,7H. The molecular formula is C8H3ClF5NO. The molecule has 0 saturated heterocycles. The maximum atomic E-state index is 12.4. The fourth-order valence-corrected chi connectivity index (χ4v) is 1.26. The first-order valence-electron chi connectivity index (χ1n) is 3.79. The van der Waals surface area contributed by atoms with Crippen LogP contribution in [0.5, 0.6) is 0 Å². The van der Waals surface area contributed by atoms with Crippen molar-refractivity contribution in [2.24, 2.45) is 0 Å². The number of aromatic nitrogens is 1. The van der Waals surface area contributed by atoms with Gasteiger partial charge < -0.3 is 0 Å². The first kappa shape index (κ1) is 12.8. The molecule has 1 aromatic rings. The average Bonchev–Trinajstić information content (AvgIpc) is 2.15.